The fourth-order valence-corrected chi connectivity index (χ4v) is 4.02. The van der Waals surface area contributed by atoms with Crippen molar-refractivity contribution in [1.29, 1.82) is 0 Å². The van der Waals surface area contributed by atoms with Crippen LogP contribution in [0, 0.1) is 0 Å². The number of halogens is 1. The number of rotatable bonds is 2. The van der Waals surface area contributed by atoms with E-state index in [2.05, 4.69) is 28.3 Å². The number of amidine groups is 1. The fourth-order valence-electron chi connectivity index (χ4n) is 2.72. The first-order chi connectivity index (χ1) is 9.15. The minimum Gasteiger partial charge on any atom is -1.00 e. The smallest absolute Gasteiger partial charge is 0.313 e. The summed E-state index contributed by atoms with van der Waals surface area (Å²) in [5.74, 6) is 0.689. The highest BCUT2D eigenvalue weighted by Gasteiger charge is 2.50. The van der Waals surface area contributed by atoms with E-state index < -0.39 is 5.72 Å². The Balaban J connectivity index is 0.00000147. The van der Waals surface area contributed by atoms with Crippen molar-refractivity contribution in [3.63, 3.8) is 0 Å². The average molecular weight is 358 g/mol. The van der Waals surface area contributed by atoms with E-state index in [0.717, 1.165) is 25.4 Å². The van der Waals surface area contributed by atoms with E-state index in [1.54, 1.807) is 11.8 Å². The number of thioether (sulfide) groups is 1. The Morgan fingerprint density at radius 1 is 1.35 bits per heavy atom. The zero-order chi connectivity index (χ0) is 13.5. The molecular weight excluding hydrogens is 338 g/mol. The van der Waals surface area contributed by atoms with Crippen molar-refractivity contribution < 1.29 is 26.7 Å². The molecule has 110 valence electrons. The van der Waals surface area contributed by atoms with Gasteiger partial charge in [-0.3, -0.25) is 0 Å². The summed E-state index contributed by atoms with van der Waals surface area (Å²) in [7, 11) is 2.09. The molecule has 0 aromatic heterocycles. The molecule has 0 radical (unpaired) electrons. The van der Waals surface area contributed by atoms with E-state index in [9.17, 15) is 5.11 Å². The third-order valence-electron chi connectivity index (χ3n) is 3.84. The van der Waals surface area contributed by atoms with Gasteiger partial charge in [0.1, 0.15) is 13.3 Å². The molecule has 0 saturated carbocycles. The molecule has 2 heterocycles. The van der Waals surface area contributed by atoms with Gasteiger partial charge in [0.25, 0.3) is 0 Å². The van der Waals surface area contributed by atoms with Gasteiger partial charge < -0.3 is 22.1 Å². The lowest BCUT2D eigenvalue weighted by Crippen LogP contribution is -3.00. The Labute approximate surface area is 134 Å². The second kappa shape index (κ2) is 6.05. The summed E-state index contributed by atoms with van der Waals surface area (Å²) in [5.41, 5.74) is 0.0902. The van der Waals surface area contributed by atoms with E-state index in [4.69, 9.17) is 0 Å². The number of aliphatic hydroxyl groups is 1. The van der Waals surface area contributed by atoms with Crippen LogP contribution in [0.25, 0.3) is 0 Å². The van der Waals surface area contributed by atoms with Crippen LogP contribution in [0.1, 0.15) is 12.5 Å². The highest BCUT2D eigenvalue weighted by molar-refractivity contribution is 8.13. The number of hydrogen-bond acceptors (Lipinski definition) is 4. The average Bonchev–Trinajstić information content (AvgIpc) is 2.79. The SMILES string of the molecule is CCN1CN(C)C2=[N+](C1)C(O)(c1ccccc1)CS2.[Br-]. The van der Waals surface area contributed by atoms with Crippen molar-refractivity contribution in [2.24, 2.45) is 0 Å². The van der Waals surface area contributed by atoms with Crippen LogP contribution in [-0.4, -0.2) is 57.3 Å². The quantitative estimate of drug-likeness (QED) is 0.628. The predicted molar refractivity (Wildman–Crippen MR) is 77.9 cm³/mol. The molecule has 1 N–H and O–H groups in total. The Bertz CT molecular complexity index is 510. The minimum atomic E-state index is -0.886. The molecule has 0 saturated heterocycles. The lowest BCUT2D eigenvalue weighted by Gasteiger charge is -2.33. The van der Waals surface area contributed by atoms with Crippen molar-refractivity contribution in [3.05, 3.63) is 35.9 Å². The summed E-state index contributed by atoms with van der Waals surface area (Å²) < 4.78 is 2.12. The van der Waals surface area contributed by atoms with Crippen LogP contribution >= 0.6 is 11.8 Å². The van der Waals surface area contributed by atoms with Gasteiger partial charge in [0.05, 0.1) is 12.8 Å². The largest absolute Gasteiger partial charge is 1.00 e. The van der Waals surface area contributed by atoms with Gasteiger partial charge in [-0.15, -0.1) is 0 Å². The van der Waals surface area contributed by atoms with E-state index in [-0.39, 0.29) is 17.0 Å². The molecule has 20 heavy (non-hydrogen) atoms. The van der Waals surface area contributed by atoms with E-state index >= 15 is 0 Å². The molecule has 3 rings (SSSR count). The summed E-state index contributed by atoms with van der Waals surface area (Å²) in [4.78, 5) is 4.54. The first-order valence-electron chi connectivity index (χ1n) is 6.64. The second-order valence-corrected chi connectivity index (χ2v) is 6.09. The van der Waals surface area contributed by atoms with E-state index in [1.807, 2.05) is 30.3 Å². The lowest BCUT2D eigenvalue weighted by molar-refractivity contribution is -0.679. The molecule has 0 spiro atoms. The Kier molecular flexibility index (Phi) is 4.79. The van der Waals surface area contributed by atoms with E-state index in [1.165, 1.54) is 5.17 Å². The maximum atomic E-state index is 11.1. The zero-order valence-corrected chi connectivity index (χ0v) is 14.2. The predicted octanol–water partition coefficient (Wildman–Crippen LogP) is -1.87. The second-order valence-electron chi connectivity index (χ2n) is 5.15. The van der Waals surface area contributed by atoms with E-state index in [0.29, 0.717) is 5.75 Å². The molecule has 2 aliphatic heterocycles. The molecule has 1 unspecified atom stereocenters. The highest BCUT2D eigenvalue weighted by Crippen LogP contribution is 2.36. The Morgan fingerprint density at radius 2 is 2.05 bits per heavy atom. The van der Waals surface area contributed by atoms with Gasteiger partial charge in [-0.1, -0.05) is 37.3 Å². The summed E-state index contributed by atoms with van der Waals surface area (Å²) in [5, 5.41) is 12.3. The van der Waals surface area contributed by atoms with Gasteiger partial charge >= 0.3 is 5.17 Å². The summed E-state index contributed by atoms with van der Waals surface area (Å²) >= 11 is 1.74. The summed E-state index contributed by atoms with van der Waals surface area (Å²) in [6.45, 7) is 4.86. The van der Waals surface area contributed by atoms with Crippen LogP contribution in [-0.2, 0) is 5.72 Å². The van der Waals surface area contributed by atoms with Crippen LogP contribution in [0.4, 0.5) is 0 Å². The molecule has 0 fully saturated rings. The van der Waals surface area contributed by atoms with Crippen LogP contribution in [0.2, 0.25) is 0 Å². The lowest BCUT2D eigenvalue weighted by atomic mass is 10.0. The minimum absolute atomic E-state index is 0. The zero-order valence-electron chi connectivity index (χ0n) is 11.8. The number of benzene rings is 1. The molecule has 0 aliphatic carbocycles. The maximum Gasteiger partial charge on any atom is 0.313 e. The maximum absolute atomic E-state index is 11.1. The van der Waals surface area contributed by atoms with Crippen LogP contribution in [0.15, 0.2) is 30.3 Å². The summed E-state index contributed by atoms with van der Waals surface area (Å²) in [6, 6.07) is 9.98. The Hall–Kier alpha value is -0.560. The van der Waals surface area contributed by atoms with Gasteiger partial charge in [-0.25, -0.2) is 14.4 Å². The third-order valence-corrected chi connectivity index (χ3v) is 5.18. The molecule has 0 amide bonds. The first-order valence-corrected chi connectivity index (χ1v) is 7.62. The van der Waals surface area contributed by atoms with Gasteiger partial charge in [-0.2, -0.15) is 0 Å². The van der Waals surface area contributed by atoms with Crippen molar-refractivity contribution in [2.75, 3.05) is 32.7 Å². The third kappa shape index (κ3) is 2.50. The molecule has 1 aromatic rings. The van der Waals surface area contributed by atoms with Crippen molar-refractivity contribution in [1.82, 2.24) is 9.80 Å². The van der Waals surface area contributed by atoms with Crippen LogP contribution < -0.4 is 17.0 Å². The molecule has 1 aromatic carbocycles. The number of hydrogen-bond donors (Lipinski definition) is 1. The monoisotopic (exact) mass is 357 g/mol. The first kappa shape index (κ1) is 15.8. The molecular formula is C14H20BrN3OS. The molecule has 4 nitrogen and oxygen atoms in total. The van der Waals surface area contributed by atoms with Crippen molar-refractivity contribution in [3.8, 4) is 0 Å². The Morgan fingerprint density at radius 3 is 2.70 bits per heavy atom. The van der Waals surface area contributed by atoms with Crippen molar-refractivity contribution >= 4 is 16.9 Å². The standard InChI is InChI=1S/C14H20N3OS.BrH/c1-3-16-10-15(2)13-17(11-16)14(18,9-19-13)12-7-5-4-6-8-12;/h4-8,18H,3,9-11H2,1-2H3;1H/q+1;/p-1. The number of nitrogens with zero attached hydrogens (tertiary/aromatic N) is 3. The van der Waals surface area contributed by atoms with Crippen LogP contribution in [0.3, 0.4) is 0 Å². The van der Waals surface area contributed by atoms with Gasteiger partial charge in [0.2, 0.25) is 5.72 Å². The molecule has 6 heteroatoms. The summed E-state index contributed by atoms with van der Waals surface area (Å²) in [6.07, 6.45) is 0. The molecule has 2 aliphatic rings. The fraction of sp³-hybridized carbons (Fsp3) is 0.500. The van der Waals surface area contributed by atoms with Gasteiger partial charge in [0, 0.05) is 12.1 Å². The van der Waals surface area contributed by atoms with Gasteiger partial charge in [0.15, 0.2) is 0 Å². The highest BCUT2D eigenvalue weighted by atomic mass is 79.9. The molecule has 1 atom stereocenters. The molecule has 0 bridgehead atoms. The van der Waals surface area contributed by atoms with Crippen LogP contribution in [0.5, 0.6) is 0 Å². The van der Waals surface area contributed by atoms with Gasteiger partial charge in [-0.05, 0) is 11.8 Å². The topological polar surface area (TPSA) is 29.7 Å². The normalized spacial score (nSPS) is 26.4. The van der Waals surface area contributed by atoms with Crippen molar-refractivity contribution in [2.45, 2.75) is 12.6 Å².